The number of fused-ring (bicyclic) bond motifs is 1. The van der Waals surface area contributed by atoms with Crippen molar-refractivity contribution in [1.29, 1.82) is 0 Å². The zero-order valence-corrected chi connectivity index (χ0v) is 14.2. The van der Waals surface area contributed by atoms with Crippen LogP contribution in [-0.2, 0) is 23.8 Å². The second kappa shape index (κ2) is 7.04. The number of ether oxygens (including phenoxy) is 3. The summed E-state index contributed by atoms with van der Waals surface area (Å²) in [4.78, 5) is 33.9. The number of esters is 2. The largest absolute Gasteiger partial charge is 0.466 e. The Morgan fingerprint density at radius 3 is 2.68 bits per heavy atom. The molecular weight excluding hydrogens is 350 g/mol. The molecule has 0 unspecified atom stereocenters. The van der Waals surface area contributed by atoms with E-state index in [-0.39, 0.29) is 29.8 Å². The maximum absolute atomic E-state index is 12.3. The van der Waals surface area contributed by atoms with Crippen LogP contribution in [0.3, 0.4) is 0 Å². The smallest absolute Gasteiger partial charge is 0.355 e. The van der Waals surface area contributed by atoms with Gasteiger partial charge in [-0.1, -0.05) is 11.6 Å². The van der Waals surface area contributed by atoms with Gasteiger partial charge in [0.1, 0.15) is 23.9 Å². The Labute approximate surface area is 148 Å². The van der Waals surface area contributed by atoms with Gasteiger partial charge in [-0.05, 0) is 18.2 Å². The summed E-state index contributed by atoms with van der Waals surface area (Å²) in [6, 6.07) is 5.18. The van der Waals surface area contributed by atoms with Gasteiger partial charge >= 0.3 is 11.9 Å². The predicted molar refractivity (Wildman–Crippen MR) is 88.9 cm³/mol. The molecule has 0 spiro atoms. The van der Waals surface area contributed by atoms with Crippen LogP contribution in [0.25, 0.3) is 10.9 Å². The lowest BCUT2D eigenvalue weighted by Crippen LogP contribution is -2.38. The van der Waals surface area contributed by atoms with Crippen LogP contribution in [0.5, 0.6) is 0 Å². The van der Waals surface area contributed by atoms with Gasteiger partial charge in [0.05, 0.1) is 31.9 Å². The normalized spacial score (nSPS) is 14.6. The molecule has 1 aliphatic rings. The summed E-state index contributed by atoms with van der Waals surface area (Å²) in [6.45, 7) is 0.00675. The number of benzene rings is 1. The fourth-order valence-corrected chi connectivity index (χ4v) is 2.72. The lowest BCUT2D eigenvalue weighted by Gasteiger charge is -2.31. The number of carbonyl (C=O) groups excluding carboxylic acids is 2. The van der Waals surface area contributed by atoms with Crippen molar-refractivity contribution >= 4 is 40.1 Å². The van der Waals surface area contributed by atoms with Gasteiger partial charge in [-0.25, -0.2) is 19.6 Å². The minimum absolute atomic E-state index is 0.0505. The molecule has 2 heterocycles. The van der Waals surface area contributed by atoms with E-state index in [1.54, 1.807) is 18.2 Å². The van der Waals surface area contributed by atoms with Crippen LogP contribution in [0.1, 0.15) is 0 Å². The number of aromatic nitrogens is 2. The molecule has 8 nitrogen and oxygen atoms in total. The van der Waals surface area contributed by atoms with Crippen LogP contribution in [-0.4, -0.2) is 49.5 Å². The van der Waals surface area contributed by atoms with Gasteiger partial charge < -0.3 is 19.1 Å². The number of carbonyl (C=O) groups is 2. The molecule has 25 heavy (non-hydrogen) atoms. The third kappa shape index (κ3) is 3.13. The summed E-state index contributed by atoms with van der Waals surface area (Å²) in [5.74, 6) is -1.33. The van der Waals surface area contributed by atoms with Gasteiger partial charge in [-0.3, -0.25) is 0 Å². The van der Waals surface area contributed by atoms with E-state index >= 15 is 0 Å². The van der Waals surface area contributed by atoms with Crippen molar-refractivity contribution in [2.75, 3.05) is 32.5 Å². The summed E-state index contributed by atoms with van der Waals surface area (Å²) < 4.78 is 15.0. The third-order valence-corrected chi connectivity index (χ3v) is 4.02. The molecule has 9 heteroatoms. The van der Waals surface area contributed by atoms with Crippen molar-refractivity contribution in [3.05, 3.63) is 40.9 Å². The van der Waals surface area contributed by atoms with E-state index in [1.165, 1.54) is 25.4 Å². The molecule has 0 amide bonds. The molecule has 0 bridgehead atoms. The number of halogens is 1. The number of hydrogen-bond acceptors (Lipinski definition) is 8. The first-order chi connectivity index (χ1) is 12.1. The van der Waals surface area contributed by atoms with E-state index < -0.39 is 11.9 Å². The Kier molecular flexibility index (Phi) is 4.82. The number of anilines is 1. The molecule has 1 aromatic heterocycles. The minimum atomic E-state index is -0.667. The SMILES string of the molecule is COC(=O)C1=C(C(=O)OC)N(c2ccc3ncnc(Cl)c3c2)COC1. The fraction of sp³-hybridized carbons (Fsp3) is 0.250. The Bertz CT molecular complexity index is 883. The van der Waals surface area contributed by atoms with Gasteiger partial charge in [-0.15, -0.1) is 0 Å². The maximum Gasteiger partial charge on any atom is 0.355 e. The average molecular weight is 364 g/mol. The molecule has 1 aliphatic heterocycles. The zero-order chi connectivity index (χ0) is 18.0. The highest BCUT2D eigenvalue weighted by molar-refractivity contribution is 6.34. The summed E-state index contributed by atoms with van der Waals surface area (Å²) in [7, 11) is 2.47. The Morgan fingerprint density at radius 2 is 1.96 bits per heavy atom. The Morgan fingerprint density at radius 1 is 1.20 bits per heavy atom. The third-order valence-electron chi connectivity index (χ3n) is 3.72. The fourth-order valence-electron chi connectivity index (χ4n) is 2.53. The zero-order valence-electron chi connectivity index (χ0n) is 13.5. The van der Waals surface area contributed by atoms with Crippen molar-refractivity contribution in [2.45, 2.75) is 0 Å². The maximum atomic E-state index is 12.3. The molecule has 0 N–H and O–H groups in total. The van der Waals surface area contributed by atoms with Gasteiger partial charge in [0.25, 0.3) is 0 Å². The molecule has 130 valence electrons. The second-order valence-corrected chi connectivity index (χ2v) is 5.44. The summed E-state index contributed by atoms with van der Waals surface area (Å²) in [5, 5.41) is 0.887. The van der Waals surface area contributed by atoms with Crippen LogP contribution >= 0.6 is 11.6 Å². The highest BCUT2D eigenvalue weighted by Gasteiger charge is 2.32. The molecule has 0 saturated heterocycles. The number of rotatable bonds is 3. The summed E-state index contributed by atoms with van der Waals surface area (Å²) >= 11 is 6.12. The Balaban J connectivity index is 2.15. The average Bonchev–Trinajstić information content (AvgIpc) is 2.66. The van der Waals surface area contributed by atoms with E-state index in [2.05, 4.69) is 9.97 Å². The van der Waals surface area contributed by atoms with Crippen molar-refractivity contribution in [2.24, 2.45) is 0 Å². The lowest BCUT2D eigenvalue weighted by molar-refractivity contribution is -0.140. The quantitative estimate of drug-likeness (QED) is 0.601. The monoisotopic (exact) mass is 363 g/mol. The highest BCUT2D eigenvalue weighted by atomic mass is 35.5. The van der Waals surface area contributed by atoms with E-state index in [1.807, 2.05) is 0 Å². The molecule has 2 aromatic rings. The van der Waals surface area contributed by atoms with Gasteiger partial charge in [0.15, 0.2) is 0 Å². The lowest BCUT2D eigenvalue weighted by atomic mass is 10.1. The molecule has 0 radical (unpaired) electrons. The predicted octanol–water partition coefficient (Wildman–Crippen LogP) is 1.68. The van der Waals surface area contributed by atoms with Crippen molar-refractivity contribution in [3.8, 4) is 0 Å². The second-order valence-electron chi connectivity index (χ2n) is 5.08. The van der Waals surface area contributed by atoms with Crippen LogP contribution in [0.2, 0.25) is 5.15 Å². The van der Waals surface area contributed by atoms with Crippen molar-refractivity contribution in [1.82, 2.24) is 9.97 Å². The first kappa shape index (κ1) is 17.1. The molecule has 0 atom stereocenters. The van der Waals surface area contributed by atoms with Crippen LogP contribution in [0, 0.1) is 0 Å². The molecule has 0 fully saturated rings. The molecular formula is C16H14ClN3O5. The molecule has 3 rings (SSSR count). The first-order valence-corrected chi connectivity index (χ1v) is 7.60. The summed E-state index contributed by atoms with van der Waals surface area (Å²) in [6.07, 6.45) is 1.36. The molecule has 1 aromatic carbocycles. The number of nitrogens with zero attached hydrogens (tertiary/aromatic N) is 3. The van der Waals surface area contributed by atoms with Crippen molar-refractivity contribution in [3.63, 3.8) is 0 Å². The first-order valence-electron chi connectivity index (χ1n) is 7.22. The van der Waals surface area contributed by atoms with E-state index in [9.17, 15) is 9.59 Å². The molecule has 0 saturated carbocycles. The molecule has 0 aliphatic carbocycles. The highest BCUT2D eigenvalue weighted by Crippen LogP contribution is 2.30. The number of methoxy groups -OCH3 is 2. The summed E-state index contributed by atoms with van der Waals surface area (Å²) in [5.41, 5.74) is 1.37. The standard InChI is InChI=1S/C16H14ClN3O5/c1-23-15(21)11-6-25-8-20(13(11)16(22)24-2)9-3-4-12-10(5-9)14(17)19-7-18-12/h3-5,7H,6,8H2,1-2H3. The number of hydrogen-bond donors (Lipinski definition) is 0. The van der Waals surface area contributed by atoms with Crippen LogP contribution < -0.4 is 4.90 Å². The van der Waals surface area contributed by atoms with E-state index in [4.69, 9.17) is 25.8 Å². The van der Waals surface area contributed by atoms with Gasteiger partial charge in [0.2, 0.25) is 0 Å². The van der Waals surface area contributed by atoms with Gasteiger partial charge in [-0.2, -0.15) is 0 Å². The minimum Gasteiger partial charge on any atom is -0.466 e. The van der Waals surface area contributed by atoms with E-state index in [0.29, 0.717) is 16.6 Å². The van der Waals surface area contributed by atoms with Crippen molar-refractivity contribution < 1.29 is 23.8 Å². The topological polar surface area (TPSA) is 90.9 Å². The Hall–Kier alpha value is -2.71. The van der Waals surface area contributed by atoms with Gasteiger partial charge in [0, 0.05) is 11.1 Å². The van der Waals surface area contributed by atoms with E-state index in [0.717, 1.165) is 0 Å². The van der Waals surface area contributed by atoms with Crippen LogP contribution in [0.15, 0.2) is 35.8 Å². The van der Waals surface area contributed by atoms with Crippen LogP contribution in [0.4, 0.5) is 5.69 Å².